The lowest BCUT2D eigenvalue weighted by atomic mass is 10.1. The average molecular weight is 370 g/mol. The average Bonchev–Trinajstić information content (AvgIpc) is 3.07. The van der Waals surface area contributed by atoms with Crippen LogP contribution in [0.2, 0.25) is 0 Å². The Kier molecular flexibility index (Phi) is 4.84. The van der Waals surface area contributed by atoms with E-state index in [1.807, 2.05) is 6.07 Å². The summed E-state index contributed by atoms with van der Waals surface area (Å²) in [5.41, 5.74) is 1.38. The molecule has 0 radical (unpaired) electrons. The van der Waals surface area contributed by atoms with Gasteiger partial charge in [-0.1, -0.05) is 12.1 Å². The van der Waals surface area contributed by atoms with Gasteiger partial charge < -0.3 is 5.32 Å². The minimum atomic E-state index is -4.19. The molecule has 2 heterocycles. The van der Waals surface area contributed by atoms with Gasteiger partial charge in [-0.05, 0) is 42.9 Å². The van der Waals surface area contributed by atoms with Gasteiger partial charge in [-0.25, -0.2) is 21.8 Å². The summed E-state index contributed by atoms with van der Waals surface area (Å²) in [5, 5.41) is 12.2. The fraction of sp³-hybridized carbons (Fsp3) is 0.111. The van der Waals surface area contributed by atoms with Gasteiger partial charge in [-0.3, -0.25) is 0 Å². The Hall–Kier alpha value is -3.02. The van der Waals surface area contributed by atoms with Crippen molar-refractivity contribution in [3.05, 3.63) is 71.9 Å². The number of nitrogens with zero attached hydrogens (tertiary/aromatic N) is 3. The van der Waals surface area contributed by atoms with Crippen LogP contribution >= 0.6 is 0 Å². The van der Waals surface area contributed by atoms with Crippen LogP contribution in [0.3, 0.4) is 0 Å². The molecule has 0 atom stereocenters. The molecule has 1 N–H and O–H groups in total. The number of pyridine rings is 1. The predicted octanol–water partition coefficient (Wildman–Crippen LogP) is 2.52. The first-order valence-electron chi connectivity index (χ1n) is 7.70. The van der Waals surface area contributed by atoms with Gasteiger partial charge in [0.25, 0.3) is 10.0 Å². The molecule has 0 aliphatic carbocycles. The van der Waals surface area contributed by atoms with Crippen LogP contribution in [0, 0.1) is 17.1 Å². The van der Waals surface area contributed by atoms with Crippen molar-refractivity contribution in [2.75, 3.05) is 7.05 Å². The van der Waals surface area contributed by atoms with E-state index in [4.69, 9.17) is 0 Å². The van der Waals surface area contributed by atoms with Gasteiger partial charge in [-0.15, -0.1) is 0 Å². The highest BCUT2D eigenvalue weighted by Gasteiger charge is 2.25. The lowest BCUT2D eigenvalue weighted by Gasteiger charge is -2.11. The maximum atomic E-state index is 14.1. The van der Waals surface area contributed by atoms with Crippen molar-refractivity contribution in [3.63, 3.8) is 0 Å². The summed E-state index contributed by atoms with van der Waals surface area (Å²) >= 11 is 0. The number of hydrogen-bond donors (Lipinski definition) is 1. The minimum absolute atomic E-state index is 0.0894. The van der Waals surface area contributed by atoms with E-state index in [0.717, 1.165) is 10.0 Å². The molecule has 0 aliphatic heterocycles. The Labute approximate surface area is 150 Å². The first kappa shape index (κ1) is 17.8. The third-order valence-corrected chi connectivity index (χ3v) is 5.49. The molecule has 8 heteroatoms. The molecule has 0 spiro atoms. The molecule has 3 rings (SSSR count). The second-order valence-electron chi connectivity index (χ2n) is 5.51. The fourth-order valence-electron chi connectivity index (χ4n) is 2.65. The van der Waals surface area contributed by atoms with Gasteiger partial charge in [0.15, 0.2) is 0 Å². The van der Waals surface area contributed by atoms with Crippen molar-refractivity contribution in [1.82, 2.24) is 14.3 Å². The molecule has 26 heavy (non-hydrogen) atoms. The first-order chi connectivity index (χ1) is 12.5. The van der Waals surface area contributed by atoms with E-state index in [1.54, 1.807) is 25.2 Å². The zero-order valence-corrected chi connectivity index (χ0v) is 14.7. The summed E-state index contributed by atoms with van der Waals surface area (Å²) in [4.78, 5) is 3.55. The lowest BCUT2D eigenvalue weighted by molar-refractivity contribution is 0.561. The molecule has 3 aromatic rings. The van der Waals surface area contributed by atoms with Crippen LogP contribution in [0.15, 0.2) is 59.8 Å². The number of halogens is 1. The topological polar surface area (TPSA) is 87.8 Å². The van der Waals surface area contributed by atoms with Crippen LogP contribution in [0.25, 0.3) is 11.3 Å². The van der Waals surface area contributed by atoms with Crippen LogP contribution in [0.4, 0.5) is 4.39 Å². The first-order valence-corrected chi connectivity index (χ1v) is 9.14. The summed E-state index contributed by atoms with van der Waals surface area (Å²) in [7, 11) is -2.46. The van der Waals surface area contributed by atoms with E-state index in [0.29, 0.717) is 17.7 Å². The molecule has 132 valence electrons. The molecule has 0 amide bonds. The van der Waals surface area contributed by atoms with Gasteiger partial charge in [-0.2, -0.15) is 5.26 Å². The lowest BCUT2D eigenvalue weighted by Crippen LogP contribution is -2.15. The van der Waals surface area contributed by atoms with E-state index < -0.39 is 20.7 Å². The highest BCUT2D eigenvalue weighted by molar-refractivity contribution is 7.90. The van der Waals surface area contributed by atoms with E-state index in [9.17, 15) is 18.1 Å². The summed E-state index contributed by atoms with van der Waals surface area (Å²) in [6, 6.07) is 12.0. The molecule has 0 fully saturated rings. The second kappa shape index (κ2) is 7.07. The summed E-state index contributed by atoms with van der Waals surface area (Å²) in [6.07, 6.45) is 2.87. The van der Waals surface area contributed by atoms with E-state index in [-0.39, 0.29) is 11.4 Å². The normalized spacial score (nSPS) is 11.3. The number of nitrogens with one attached hydrogen (secondary N) is 1. The molecule has 0 bridgehead atoms. The Morgan fingerprint density at radius 1 is 1.27 bits per heavy atom. The SMILES string of the molecule is CNCc1cc(-c2cccnc2C#N)n(S(=O)(=O)c2ccccc2F)c1. The van der Waals surface area contributed by atoms with Gasteiger partial charge >= 0.3 is 0 Å². The van der Waals surface area contributed by atoms with Crippen LogP contribution in [0.5, 0.6) is 0 Å². The van der Waals surface area contributed by atoms with Gasteiger partial charge in [0.1, 0.15) is 22.5 Å². The highest BCUT2D eigenvalue weighted by atomic mass is 32.2. The Morgan fingerprint density at radius 3 is 2.73 bits per heavy atom. The molecule has 0 aliphatic rings. The predicted molar refractivity (Wildman–Crippen MR) is 94.1 cm³/mol. The minimum Gasteiger partial charge on any atom is -0.316 e. The van der Waals surface area contributed by atoms with E-state index in [2.05, 4.69) is 10.3 Å². The zero-order valence-electron chi connectivity index (χ0n) is 13.8. The third kappa shape index (κ3) is 3.10. The summed E-state index contributed by atoms with van der Waals surface area (Å²) < 4.78 is 41.3. The molecule has 1 aromatic carbocycles. The number of hydrogen-bond acceptors (Lipinski definition) is 5. The van der Waals surface area contributed by atoms with Crippen molar-refractivity contribution >= 4 is 10.0 Å². The van der Waals surface area contributed by atoms with Gasteiger partial charge in [0.2, 0.25) is 0 Å². The van der Waals surface area contributed by atoms with E-state index in [1.165, 1.54) is 30.6 Å². The van der Waals surface area contributed by atoms with Crippen molar-refractivity contribution in [2.45, 2.75) is 11.4 Å². The van der Waals surface area contributed by atoms with Crippen LogP contribution < -0.4 is 5.32 Å². The number of aromatic nitrogens is 2. The Morgan fingerprint density at radius 2 is 2.04 bits per heavy atom. The molecule has 0 saturated heterocycles. The monoisotopic (exact) mass is 370 g/mol. The van der Waals surface area contributed by atoms with Crippen molar-refractivity contribution in [2.24, 2.45) is 0 Å². The fourth-order valence-corrected chi connectivity index (χ4v) is 4.11. The standard InChI is InChI=1S/C18H15FN4O2S/c1-21-11-13-9-17(14-5-4-8-22-16(14)10-20)23(12-13)26(24,25)18-7-3-2-6-15(18)19/h2-9,12,21H,11H2,1H3. The van der Waals surface area contributed by atoms with Gasteiger partial charge in [0, 0.05) is 24.5 Å². The summed E-state index contributed by atoms with van der Waals surface area (Å²) in [6.45, 7) is 0.412. The van der Waals surface area contributed by atoms with Crippen LogP contribution in [-0.2, 0) is 16.6 Å². The second-order valence-corrected chi connectivity index (χ2v) is 7.29. The molecule has 0 unspecified atom stereocenters. The quantitative estimate of drug-likeness (QED) is 0.746. The Bertz CT molecular complexity index is 1100. The van der Waals surface area contributed by atoms with Crippen molar-refractivity contribution < 1.29 is 12.8 Å². The molecular formula is C18H15FN4O2S. The Balaban J connectivity index is 2.28. The van der Waals surface area contributed by atoms with Crippen LogP contribution in [0.1, 0.15) is 11.3 Å². The third-order valence-electron chi connectivity index (χ3n) is 3.79. The molecular weight excluding hydrogens is 355 g/mol. The number of rotatable bonds is 5. The number of benzene rings is 1. The van der Waals surface area contributed by atoms with Crippen molar-refractivity contribution in [3.8, 4) is 17.3 Å². The zero-order chi connectivity index (χ0) is 18.7. The largest absolute Gasteiger partial charge is 0.316 e. The molecule has 6 nitrogen and oxygen atoms in total. The maximum Gasteiger partial charge on any atom is 0.271 e. The maximum absolute atomic E-state index is 14.1. The molecule has 0 saturated carbocycles. The number of nitriles is 1. The summed E-state index contributed by atoms with van der Waals surface area (Å²) in [5.74, 6) is -0.839. The highest BCUT2D eigenvalue weighted by Crippen LogP contribution is 2.29. The van der Waals surface area contributed by atoms with Gasteiger partial charge in [0.05, 0.1) is 5.69 Å². The van der Waals surface area contributed by atoms with E-state index >= 15 is 0 Å². The van der Waals surface area contributed by atoms with Crippen LogP contribution in [-0.4, -0.2) is 24.4 Å². The smallest absolute Gasteiger partial charge is 0.271 e. The molecule has 2 aromatic heterocycles. The van der Waals surface area contributed by atoms with Crippen molar-refractivity contribution in [1.29, 1.82) is 5.26 Å².